The van der Waals surface area contributed by atoms with E-state index in [4.69, 9.17) is 9.47 Å². The molecule has 2 aromatic rings. The van der Waals surface area contributed by atoms with E-state index in [1.54, 1.807) is 17.3 Å². The van der Waals surface area contributed by atoms with Gasteiger partial charge in [-0.1, -0.05) is 6.07 Å². The van der Waals surface area contributed by atoms with Crippen LogP contribution in [0.15, 0.2) is 43.1 Å². The van der Waals surface area contributed by atoms with E-state index in [-0.39, 0.29) is 17.6 Å². The number of rotatable bonds is 4. The van der Waals surface area contributed by atoms with Crippen LogP contribution in [-0.2, 0) is 16.1 Å². The molecule has 25 heavy (non-hydrogen) atoms. The summed E-state index contributed by atoms with van der Waals surface area (Å²) in [6.45, 7) is 2.34. The molecule has 0 saturated carbocycles. The van der Waals surface area contributed by atoms with Gasteiger partial charge >= 0.3 is 0 Å². The Balaban J connectivity index is 1.33. The molecule has 2 fully saturated rings. The molecule has 2 saturated heterocycles. The van der Waals surface area contributed by atoms with Crippen LogP contribution in [-0.4, -0.2) is 57.2 Å². The van der Waals surface area contributed by atoms with E-state index < -0.39 is 0 Å². The van der Waals surface area contributed by atoms with Crippen LogP contribution in [0, 0.1) is 0 Å². The smallest absolute Gasteiger partial charge is 0.274 e. The quantitative estimate of drug-likeness (QED) is 0.839. The first-order valence-electron chi connectivity index (χ1n) is 8.44. The van der Waals surface area contributed by atoms with Crippen molar-refractivity contribution in [2.24, 2.45) is 0 Å². The van der Waals surface area contributed by atoms with Gasteiger partial charge in [0.25, 0.3) is 5.91 Å². The fourth-order valence-corrected chi connectivity index (χ4v) is 3.48. The van der Waals surface area contributed by atoms with E-state index in [1.807, 2.05) is 18.3 Å². The molecule has 2 atom stereocenters. The number of carbonyl (C=O) groups excluding carboxylic acids is 1. The summed E-state index contributed by atoms with van der Waals surface area (Å²) in [5, 5.41) is 0. The number of carbonyl (C=O) groups is 1. The highest BCUT2D eigenvalue weighted by atomic mass is 16.6. The van der Waals surface area contributed by atoms with Gasteiger partial charge in [0.05, 0.1) is 37.7 Å². The van der Waals surface area contributed by atoms with Gasteiger partial charge in [-0.3, -0.25) is 14.8 Å². The number of amides is 1. The minimum Gasteiger partial charge on any atom is -0.371 e. The summed E-state index contributed by atoms with van der Waals surface area (Å²) in [4.78, 5) is 26.5. The van der Waals surface area contributed by atoms with Crippen molar-refractivity contribution in [3.8, 4) is 0 Å². The first kappa shape index (κ1) is 16.1. The van der Waals surface area contributed by atoms with Crippen LogP contribution in [0.25, 0.3) is 0 Å². The van der Waals surface area contributed by atoms with E-state index >= 15 is 0 Å². The molecule has 2 aliphatic rings. The Labute approximate surface area is 146 Å². The fraction of sp³-hybridized carbons (Fsp3) is 0.444. The molecule has 0 aliphatic carbocycles. The van der Waals surface area contributed by atoms with Crippen LogP contribution >= 0.6 is 0 Å². The number of nitrogens with zero attached hydrogens (tertiary/aromatic N) is 4. The standard InChI is InChI=1S/C18H20N4O3/c23-17(16-10-20-5-6-21-16)22-7-3-18(13-22)8-15(12-25-18)24-11-14-2-1-4-19-9-14/h1-2,4-6,9-10,15H,3,7-8,11-13H2/t15-,18+/m1/s1. The van der Waals surface area contributed by atoms with Gasteiger partial charge in [0.1, 0.15) is 5.69 Å². The number of likely N-dealkylation sites (tertiary alicyclic amines) is 1. The SMILES string of the molecule is O=C(c1cnccn1)N1CC[C@]2(C[C@@H](OCc3cccnc3)CO2)C1. The molecular weight excluding hydrogens is 320 g/mol. The highest BCUT2D eigenvalue weighted by Gasteiger charge is 2.47. The lowest BCUT2D eigenvalue weighted by Crippen LogP contribution is -2.36. The van der Waals surface area contributed by atoms with Gasteiger partial charge in [-0.25, -0.2) is 4.98 Å². The van der Waals surface area contributed by atoms with Gasteiger partial charge in [-0.05, 0) is 18.1 Å². The Morgan fingerprint density at radius 2 is 2.24 bits per heavy atom. The Morgan fingerprint density at radius 3 is 3.04 bits per heavy atom. The largest absolute Gasteiger partial charge is 0.371 e. The lowest BCUT2D eigenvalue weighted by atomic mass is 9.98. The minimum atomic E-state index is -0.294. The molecule has 0 aromatic carbocycles. The second-order valence-electron chi connectivity index (χ2n) is 6.56. The topological polar surface area (TPSA) is 77.4 Å². The minimum absolute atomic E-state index is 0.0479. The normalized spacial score (nSPS) is 25.6. The highest BCUT2D eigenvalue weighted by Crippen LogP contribution is 2.36. The van der Waals surface area contributed by atoms with Crippen molar-refractivity contribution in [1.29, 1.82) is 0 Å². The summed E-state index contributed by atoms with van der Waals surface area (Å²) in [6.07, 6.45) is 9.83. The van der Waals surface area contributed by atoms with Crippen molar-refractivity contribution in [1.82, 2.24) is 19.9 Å². The second-order valence-corrected chi connectivity index (χ2v) is 6.56. The average Bonchev–Trinajstić information content (AvgIpc) is 3.28. The Morgan fingerprint density at radius 1 is 1.32 bits per heavy atom. The summed E-state index contributed by atoms with van der Waals surface area (Å²) in [6, 6.07) is 3.90. The van der Waals surface area contributed by atoms with Crippen molar-refractivity contribution in [2.75, 3.05) is 19.7 Å². The fourth-order valence-electron chi connectivity index (χ4n) is 3.48. The third-order valence-corrected chi connectivity index (χ3v) is 4.77. The summed E-state index contributed by atoms with van der Waals surface area (Å²) in [7, 11) is 0. The van der Waals surface area contributed by atoms with Gasteiger partial charge < -0.3 is 14.4 Å². The number of ether oxygens (including phenoxy) is 2. The number of hydrogen-bond donors (Lipinski definition) is 0. The van der Waals surface area contributed by atoms with Gasteiger partial charge in [0, 0.05) is 37.8 Å². The molecule has 0 N–H and O–H groups in total. The predicted molar refractivity (Wildman–Crippen MR) is 88.7 cm³/mol. The second kappa shape index (κ2) is 6.85. The van der Waals surface area contributed by atoms with Gasteiger partial charge in [-0.2, -0.15) is 0 Å². The predicted octanol–water partition coefficient (Wildman–Crippen LogP) is 1.46. The van der Waals surface area contributed by atoms with Gasteiger partial charge in [0.2, 0.25) is 0 Å². The molecule has 0 bridgehead atoms. The first-order valence-corrected chi connectivity index (χ1v) is 8.44. The van der Waals surface area contributed by atoms with Crippen LogP contribution in [0.4, 0.5) is 0 Å². The zero-order valence-corrected chi connectivity index (χ0v) is 13.9. The maximum Gasteiger partial charge on any atom is 0.274 e. The van der Waals surface area contributed by atoms with Crippen LogP contribution in [0.5, 0.6) is 0 Å². The van der Waals surface area contributed by atoms with E-state index in [0.29, 0.717) is 32.0 Å². The van der Waals surface area contributed by atoms with Crippen molar-refractivity contribution in [3.63, 3.8) is 0 Å². The Hall–Kier alpha value is -2.38. The number of aromatic nitrogens is 3. The Bertz CT molecular complexity index is 728. The average molecular weight is 340 g/mol. The molecule has 4 heterocycles. The maximum atomic E-state index is 12.5. The van der Waals surface area contributed by atoms with Gasteiger partial charge in [0.15, 0.2) is 0 Å². The summed E-state index contributed by atoms with van der Waals surface area (Å²) in [5.41, 5.74) is 1.13. The molecule has 130 valence electrons. The van der Waals surface area contributed by atoms with Crippen LogP contribution in [0.2, 0.25) is 0 Å². The lowest BCUT2D eigenvalue weighted by Gasteiger charge is -2.23. The molecule has 7 nitrogen and oxygen atoms in total. The van der Waals surface area contributed by atoms with Crippen molar-refractivity contribution < 1.29 is 14.3 Å². The summed E-state index contributed by atoms with van der Waals surface area (Å²) in [5.74, 6) is -0.0895. The zero-order valence-electron chi connectivity index (χ0n) is 13.9. The molecular formula is C18H20N4O3. The molecule has 7 heteroatoms. The zero-order chi connectivity index (χ0) is 17.1. The van der Waals surface area contributed by atoms with E-state index in [9.17, 15) is 4.79 Å². The number of pyridine rings is 1. The maximum absolute atomic E-state index is 12.5. The van der Waals surface area contributed by atoms with Crippen LogP contribution in [0.1, 0.15) is 28.9 Å². The third kappa shape index (κ3) is 3.52. The van der Waals surface area contributed by atoms with E-state index in [1.165, 1.54) is 12.4 Å². The van der Waals surface area contributed by atoms with Crippen molar-refractivity contribution >= 4 is 5.91 Å². The summed E-state index contributed by atoms with van der Waals surface area (Å²) < 4.78 is 12.0. The highest BCUT2D eigenvalue weighted by molar-refractivity contribution is 5.92. The molecule has 0 radical (unpaired) electrons. The summed E-state index contributed by atoms with van der Waals surface area (Å²) >= 11 is 0. The molecule has 2 aromatic heterocycles. The molecule has 1 spiro atoms. The van der Waals surface area contributed by atoms with Crippen molar-refractivity contribution in [3.05, 3.63) is 54.4 Å². The monoisotopic (exact) mass is 340 g/mol. The van der Waals surface area contributed by atoms with E-state index in [0.717, 1.165) is 18.4 Å². The van der Waals surface area contributed by atoms with Crippen LogP contribution in [0.3, 0.4) is 0 Å². The van der Waals surface area contributed by atoms with E-state index in [2.05, 4.69) is 15.0 Å². The van der Waals surface area contributed by atoms with Gasteiger partial charge in [-0.15, -0.1) is 0 Å². The third-order valence-electron chi connectivity index (χ3n) is 4.77. The van der Waals surface area contributed by atoms with Crippen LogP contribution < -0.4 is 0 Å². The Kier molecular flexibility index (Phi) is 4.42. The lowest BCUT2D eigenvalue weighted by molar-refractivity contribution is 0.000214. The molecule has 4 rings (SSSR count). The van der Waals surface area contributed by atoms with Crippen molar-refractivity contribution in [2.45, 2.75) is 31.2 Å². The first-order chi connectivity index (χ1) is 12.2. The molecule has 0 unspecified atom stereocenters. The molecule has 2 aliphatic heterocycles. The number of hydrogen-bond acceptors (Lipinski definition) is 6. The molecule has 1 amide bonds.